The molecule has 0 saturated carbocycles. The smallest absolute Gasteiger partial charge is 0.257 e. The molecule has 0 radical (unpaired) electrons. The first kappa shape index (κ1) is 18.9. The molecule has 0 spiro atoms. The minimum absolute atomic E-state index is 0. The molecule has 1 aromatic carbocycles. The lowest BCUT2D eigenvalue weighted by Gasteiger charge is -2.32. The number of piperazine rings is 1. The molecule has 1 unspecified atom stereocenters. The number of carbonyl (C=O) groups excluding carboxylic acids is 1. The van der Waals surface area contributed by atoms with Gasteiger partial charge < -0.3 is 10.2 Å². The third-order valence-electron chi connectivity index (χ3n) is 5.33. The van der Waals surface area contributed by atoms with Crippen LogP contribution in [0.15, 0.2) is 36.5 Å². The van der Waals surface area contributed by atoms with Crippen LogP contribution in [-0.4, -0.2) is 70.8 Å². The summed E-state index contributed by atoms with van der Waals surface area (Å²) in [7, 11) is 1.90. The molecule has 2 aliphatic heterocycles. The molecule has 4 rings (SSSR count). The Morgan fingerprint density at radius 2 is 1.88 bits per heavy atom. The molecule has 2 aromatic rings. The van der Waals surface area contributed by atoms with Crippen LogP contribution in [0.4, 0.5) is 0 Å². The highest BCUT2D eigenvalue weighted by molar-refractivity contribution is 6.00. The number of nitrogens with zero attached hydrogens (tertiary/aromatic N) is 4. The minimum atomic E-state index is 0. The summed E-state index contributed by atoms with van der Waals surface area (Å²) < 4.78 is 1.80. The van der Waals surface area contributed by atoms with E-state index in [1.165, 1.54) is 0 Å². The van der Waals surface area contributed by atoms with Crippen LogP contribution in [0.3, 0.4) is 0 Å². The lowest BCUT2D eigenvalue weighted by molar-refractivity contribution is 0.0774. The van der Waals surface area contributed by atoms with E-state index < -0.39 is 0 Å². The summed E-state index contributed by atoms with van der Waals surface area (Å²) in [5.41, 5.74) is 2.63. The molecule has 0 bridgehead atoms. The standard InChI is InChI=1S/C19H25N5O.ClH/c1-22-18(15-5-3-2-4-6-15)17(13-21-22)19(25)24-10-7-16(14-24)23-11-8-20-9-12-23;/h2-6,13,16,20H,7-12,14H2,1H3;1H. The number of carbonyl (C=O) groups is 1. The molecule has 2 fully saturated rings. The van der Waals surface area contributed by atoms with Gasteiger partial charge in [0.1, 0.15) is 0 Å². The maximum atomic E-state index is 13.1. The van der Waals surface area contributed by atoms with E-state index in [0.717, 1.165) is 56.9 Å². The molecule has 26 heavy (non-hydrogen) atoms. The number of amides is 1. The Labute approximate surface area is 160 Å². The second-order valence-electron chi connectivity index (χ2n) is 6.88. The zero-order valence-electron chi connectivity index (χ0n) is 15.1. The van der Waals surface area contributed by atoms with Gasteiger partial charge in [-0.3, -0.25) is 14.4 Å². The van der Waals surface area contributed by atoms with Crippen molar-refractivity contribution < 1.29 is 4.79 Å². The molecule has 140 valence electrons. The van der Waals surface area contributed by atoms with Crippen LogP contribution in [-0.2, 0) is 7.05 Å². The number of aromatic nitrogens is 2. The quantitative estimate of drug-likeness (QED) is 0.886. The molecular formula is C19H26ClN5O. The van der Waals surface area contributed by atoms with Gasteiger partial charge in [0, 0.05) is 57.9 Å². The topological polar surface area (TPSA) is 53.4 Å². The fourth-order valence-electron chi connectivity index (χ4n) is 3.97. The van der Waals surface area contributed by atoms with Gasteiger partial charge in [0.25, 0.3) is 5.91 Å². The highest BCUT2D eigenvalue weighted by Crippen LogP contribution is 2.26. The highest BCUT2D eigenvalue weighted by Gasteiger charge is 2.32. The van der Waals surface area contributed by atoms with Gasteiger partial charge in [-0.25, -0.2) is 0 Å². The van der Waals surface area contributed by atoms with Gasteiger partial charge in [-0.1, -0.05) is 30.3 Å². The van der Waals surface area contributed by atoms with Crippen molar-refractivity contribution in [2.75, 3.05) is 39.3 Å². The summed E-state index contributed by atoms with van der Waals surface area (Å²) in [5, 5.41) is 7.74. The fourth-order valence-corrected chi connectivity index (χ4v) is 3.97. The van der Waals surface area contributed by atoms with E-state index in [2.05, 4.69) is 15.3 Å². The van der Waals surface area contributed by atoms with Crippen LogP contribution < -0.4 is 5.32 Å². The summed E-state index contributed by atoms with van der Waals surface area (Å²) in [6.45, 7) is 5.90. The molecule has 3 heterocycles. The number of halogens is 1. The van der Waals surface area contributed by atoms with Crippen LogP contribution >= 0.6 is 12.4 Å². The molecule has 1 N–H and O–H groups in total. The Morgan fingerprint density at radius 3 is 2.62 bits per heavy atom. The van der Waals surface area contributed by atoms with Crippen molar-refractivity contribution in [2.45, 2.75) is 12.5 Å². The number of benzene rings is 1. The first-order chi connectivity index (χ1) is 12.2. The molecular weight excluding hydrogens is 350 g/mol. The monoisotopic (exact) mass is 375 g/mol. The van der Waals surface area contributed by atoms with Crippen molar-refractivity contribution >= 4 is 18.3 Å². The fraction of sp³-hybridized carbons (Fsp3) is 0.474. The molecule has 0 aliphatic carbocycles. The maximum Gasteiger partial charge on any atom is 0.257 e. The van der Waals surface area contributed by atoms with Crippen LogP contribution in [0.25, 0.3) is 11.3 Å². The first-order valence-electron chi connectivity index (χ1n) is 9.05. The Kier molecular flexibility index (Phi) is 5.96. The van der Waals surface area contributed by atoms with Gasteiger partial charge >= 0.3 is 0 Å². The second kappa shape index (κ2) is 8.20. The Morgan fingerprint density at radius 1 is 1.15 bits per heavy atom. The zero-order chi connectivity index (χ0) is 17.2. The number of likely N-dealkylation sites (tertiary alicyclic amines) is 1. The van der Waals surface area contributed by atoms with Crippen LogP contribution in [0.2, 0.25) is 0 Å². The SMILES string of the molecule is Cl.Cn1ncc(C(=O)N2CCC(N3CCNCC3)C2)c1-c1ccccc1. The molecule has 6 nitrogen and oxygen atoms in total. The van der Waals surface area contributed by atoms with E-state index in [9.17, 15) is 4.79 Å². The highest BCUT2D eigenvalue weighted by atomic mass is 35.5. The largest absolute Gasteiger partial charge is 0.337 e. The number of hydrogen-bond acceptors (Lipinski definition) is 4. The number of rotatable bonds is 3. The van der Waals surface area contributed by atoms with Crippen molar-refractivity contribution in [2.24, 2.45) is 7.05 Å². The van der Waals surface area contributed by atoms with Crippen LogP contribution in [0.1, 0.15) is 16.8 Å². The van der Waals surface area contributed by atoms with Crippen molar-refractivity contribution in [3.63, 3.8) is 0 Å². The molecule has 1 amide bonds. The molecule has 7 heteroatoms. The van der Waals surface area contributed by atoms with E-state index in [-0.39, 0.29) is 18.3 Å². The third kappa shape index (κ3) is 3.63. The number of nitrogens with one attached hydrogen (secondary N) is 1. The van der Waals surface area contributed by atoms with Crippen LogP contribution in [0, 0.1) is 0 Å². The first-order valence-corrected chi connectivity index (χ1v) is 9.05. The summed E-state index contributed by atoms with van der Waals surface area (Å²) in [5.74, 6) is 0.101. The summed E-state index contributed by atoms with van der Waals surface area (Å²) >= 11 is 0. The van der Waals surface area contributed by atoms with E-state index in [1.54, 1.807) is 10.9 Å². The minimum Gasteiger partial charge on any atom is -0.337 e. The van der Waals surface area contributed by atoms with E-state index in [0.29, 0.717) is 11.6 Å². The average Bonchev–Trinajstić information content (AvgIpc) is 3.30. The average molecular weight is 376 g/mol. The number of aryl methyl sites for hydroxylation is 1. The second-order valence-corrected chi connectivity index (χ2v) is 6.88. The molecule has 2 aliphatic rings. The third-order valence-corrected chi connectivity index (χ3v) is 5.33. The van der Waals surface area contributed by atoms with Gasteiger partial charge in [-0.05, 0) is 6.42 Å². The van der Waals surface area contributed by atoms with Gasteiger partial charge in [0.2, 0.25) is 0 Å². The van der Waals surface area contributed by atoms with E-state index >= 15 is 0 Å². The predicted octanol–water partition coefficient (Wildman–Crippen LogP) is 1.63. The molecule has 1 aromatic heterocycles. The summed E-state index contributed by atoms with van der Waals surface area (Å²) in [6.07, 6.45) is 2.77. The van der Waals surface area contributed by atoms with Crippen molar-refractivity contribution in [1.82, 2.24) is 24.9 Å². The van der Waals surface area contributed by atoms with Crippen molar-refractivity contribution in [1.29, 1.82) is 0 Å². The van der Waals surface area contributed by atoms with Crippen molar-refractivity contribution in [3.05, 3.63) is 42.1 Å². The predicted molar refractivity (Wildman–Crippen MR) is 105 cm³/mol. The van der Waals surface area contributed by atoms with E-state index in [4.69, 9.17) is 0 Å². The van der Waals surface area contributed by atoms with E-state index in [1.807, 2.05) is 42.3 Å². The Balaban J connectivity index is 0.00000196. The maximum absolute atomic E-state index is 13.1. The molecule has 2 saturated heterocycles. The zero-order valence-corrected chi connectivity index (χ0v) is 15.9. The van der Waals surface area contributed by atoms with Gasteiger partial charge in [-0.15, -0.1) is 12.4 Å². The number of hydrogen-bond donors (Lipinski definition) is 1. The van der Waals surface area contributed by atoms with Gasteiger partial charge in [0.15, 0.2) is 0 Å². The van der Waals surface area contributed by atoms with Gasteiger partial charge in [0.05, 0.1) is 17.5 Å². The lowest BCUT2D eigenvalue weighted by atomic mass is 10.1. The van der Waals surface area contributed by atoms with Gasteiger partial charge in [-0.2, -0.15) is 5.10 Å². The molecule has 1 atom stereocenters. The Bertz CT molecular complexity index is 742. The van der Waals surface area contributed by atoms with Crippen LogP contribution in [0.5, 0.6) is 0 Å². The summed E-state index contributed by atoms with van der Waals surface area (Å²) in [4.78, 5) is 17.6. The van der Waals surface area contributed by atoms with Crippen molar-refractivity contribution in [3.8, 4) is 11.3 Å². The Hall–Kier alpha value is -1.89. The normalized spacial score (nSPS) is 20.8. The summed E-state index contributed by atoms with van der Waals surface area (Å²) in [6, 6.07) is 10.5. The lowest BCUT2D eigenvalue weighted by Crippen LogP contribution is -2.49.